The van der Waals surface area contributed by atoms with E-state index in [1.807, 2.05) is 30.3 Å². The van der Waals surface area contributed by atoms with Crippen molar-refractivity contribution in [3.05, 3.63) is 77.6 Å². The number of nitrogens with one attached hydrogen (secondary N) is 3. The van der Waals surface area contributed by atoms with E-state index in [1.165, 1.54) is 11.1 Å². The predicted molar refractivity (Wildman–Crippen MR) is 117 cm³/mol. The maximum atomic E-state index is 5.35. The SMILES string of the molecule is COc1cccc([C@@H](NCCc2ccc(C)cc2)[C@H]2CNc3cccnc3N2)n1. The van der Waals surface area contributed by atoms with Crippen molar-refractivity contribution in [2.24, 2.45) is 0 Å². The van der Waals surface area contributed by atoms with Crippen LogP contribution in [0.1, 0.15) is 22.9 Å². The van der Waals surface area contributed by atoms with Crippen LogP contribution in [-0.4, -0.2) is 36.2 Å². The molecule has 0 bridgehead atoms. The van der Waals surface area contributed by atoms with Crippen molar-refractivity contribution in [1.29, 1.82) is 0 Å². The van der Waals surface area contributed by atoms with Crippen molar-refractivity contribution >= 4 is 11.5 Å². The van der Waals surface area contributed by atoms with E-state index in [-0.39, 0.29) is 12.1 Å². The fraction of sp³-hybridized carbons (Fsp3) is 0.304. The number of benzene rings is 1. The summed E-state index contributed by atoms with van der Waals surface area (Å²) in [6, 6.07) is 18.7. The molecule has 0 unspecified atom stereocenters. The molecule has 1 aliphatic rings. The van der Waals surface area contributed by atoms with E-state index in [0.717, 1.165) is 36.7 Å². The fourth-order valence-electron chi connectivity index (χ4n) is 3.61. The minimum atomic E-state index is 0.0122. The van der Waals surface area contributed by atoms with Crippen LogP contribution in [0.15, 0.2) is 60.8 Å². The molecule has 2 atom stereocenters. The molecular formula is C23H27N5O. The third-order valence-electron chi connectivity index (χ3n) is 5.22. The van der Waals surface area contributed by atoms with Gasteiger partial charge in [-0.05, 0) is 43.7 Å². The maximum Gasteiger partial charge on any atom is 0.213 e. The Morgan fingerprint density at radius 3 is 2.83 bits per heavy atom. The lowest BCUT2D eigenvalue weighted by molar-refractivity contribution is 0.389. The molecule has 0 spiro atoms. The summed E-state index contributed by atoms with van der Waals surface area (Å²) in [6.07, 6.45) is 2.76. The highest BCUT2D eigenvalue weighted by atomic mass is 16.5. The number of hydrogen-bond acceptors (Lipinski definition) is 6. The largest absolute Gasteiger partial charge is 0.481 e. The molecule has 3 heterocycles. The summed E-state index contributed by atoms with van der Waals surface area (Å²) in [5.74, 6) is 1.49. The highest BCUT2D eigenvalue weighted by Gasteiger charge is 2.28. The first-order valence-electron chi connectivity index (χ1n) is 9.98. The molecule has 2 aromatic heterocycles. The molecule has 3 aromatic rings. The Bertz CT molecular complexity index is 944. The van der Waals surface area contributed by atoms with Crippen LogP contribution in [0.4, 0.5) is 11.5 Å². The molecule has 6 nitrogen and oxygen atoms in total. The Balaban J connectivity index is 1.51. The van der Waals surface area contributed by atoms with E-state index in [2.05, 4.69) is 57.1 Å². The number of anilines is 2. The molecule has 6 heteroatoms. The normalized spacial score (nSPS) is 16.3. The quantitative estimate of drug-likeness (QED) is 0.574. The molecule has 0 amide bonds. The monoisotopic (exact) mass is 389 g/mol. The highest BCUT2D eigenvalue weighted by molar-refractivity contribution is 5.66. The number of fused-ring (bicyclic) bond motifs is 1. The Hall–Kier alpha value is -3.12. The summed E-state index contributed by atoms with van der Waals surface area (Å²) in [4.78, 5) is 9.16. The molecule has 0 fully saturated rings. The number of pyridine rings is 2. The Morgan fingerprint density at radius 1 is 1.14 bits per heavy atom. The first-order valence-corrected chi connectivity index (χ1v) is 9.98. The van der Waals surface area contributed by atoms with Gasteiger partial charge in [0.15, 0.2) is 0 Å². The van der Waals surface area contributed by atoms with Gasteiger partial charge in [0.05, 0.1) is 30.6 Å². The van der Waals surface area contributed by atoms with Crippen molar-refractivity contribution in [2.75, 3.05) is 30.8 Å². The molecule has 0 aliphatic carbocycles. The summed E-state index contributed by atoms with van der Waals surface area (Å²) in [7, 11) is 1.65. The van der Waals surface area contributed by atoms with Gasteiger partial charge < -0.3 is 20.7 Å². The van der Waals surface area contributed by atoms with Crippen LogP contribution in [0.2, 0.25) is 0 Å². The second-order valence-electron chi connectivity index (χ2n) is 7.30. The molecule has 3 N–H and O–H groups in total. The van der Waals surface area contributed by atoms with Gasteiger partial charge in [0.25, 0.3) is 0 Å². The van der Waals surface area contributed by atoms with Crippen LogP contribution >= 0.6 is 0 Å². The fourth-order valence-corrected chi connectivity index (χ4v) is 3.61. The average Bonchev–Trinajstić information content (AvgIpc) is 2.77. The molecule has 0 radical (unpaired) electrons. The minimum absolute atomic E-state index is 0.0122. The third kappa shape index (κ3) is 4.66. The number of hydrogen-bond donors (Lipinski definition) is 3. The van der Waals surface area contributed by atoms with Crippen molar-refractivity contribution in [1.82, 2.24) is 15.3 Å². The van der Waals surface area contributed by atoms with Gasteiger partial charge >= 0.3 is 0 Å². The van der Waals surface area contributed by atoms with Crippen molar-refractivity contribution in [3.63, 3.8) is 0 Å². The van der Waals surface area contributed by atoms with Gasteiger partial charge in [-0.2, -0.15) is 0 Å². The van der Waals surface area contributed by atoms with E-state index in [9.17, 15) is 0 Å². The van der Waals surface area contributed by atoms with Crippen LogP contribution in [0.25, 0.3) is 0 Å². The van der Waals surface area contributed by atoms with Crippen molar-refractivity contribution in [2.45, 2.75) is 25.4 Å². The molecule has 1 aromatic carbocycles. The summed E-state index contributed by atoms with van der Waals surface area (Å²) >= 11 is 0. The lowest BCUT2D eigenvalue weighted by Crippen LogP contribution is -2.45. The summed E-state index contributed by atoms with van der Waals surface area (Å²) < 4.78 is 5.35. The van der Waals surface area contributed by atoms with E-state index >= 15 is 0 Å². The second-order valence-corrected chi connectivity index (χ2v) is 7.30. The zero-order valence-electron chi connectivity index (χ0n) is 16.9. The number of rotatable bonds is 7. The third-order valence-corrected chi connectivity index (χ3v) is 5.22. The second kappa shape index (κ2) is 8.92. The van der Waals surface area contributed by atoms with Crippen LogP contribution in [-0.2, 0) is 6.42 Å². The van der Waals surface area contributed by atoms with Crippen molar-refractivity contribution in [3.8, 4) is 5.88 Å². The molecule has 4 rings (SSSR count). The predicted octanol–water partition coefficient (Wildman–Crippen LogP) is 3.57. The molecule has 0 saturated carbocycles. The summed E-state index contributed by atoms with van der Waals surface area (Å²) in [5.41, 5.74) is 4.58. The number of ether oxygens (including phenoxy) is 1. The average molecular weight is 390 g/mol. The van der Waals surface area contributed by atoms with E-state index in [0.29, 0.717) is 5.88 Å². The van der Waals surface area contributed by atoms with E-state index in [1.54, 1.807) is 13.3 Å². The number of nitrogens with zero attached hydrogens (tertiary/aromatic N) is 2. The molecule has 29 heavy (non-hydrogen) atoms. The van der Waals surface area contributed by atoms with Gasteiger partial charge in [-0.3, -0.25) is 0 Å². The zero-order valence-corrected chi connectivity index (χ0v) is 16.9. The topological polar surface area (TPSA) is 71.1 Å². The first kappa shape index (κ1) is 19.2. The van der Waals surface area contributed by atoms with Crippen LogP contribution in [0.3, 0.4) is 0 Å². The molecule has 150 valence electrons. The van der Waals surface area contributed by atoms with Crippen molar-refractivity contribution < 1.29 is 4.74 Å². The lowest BCUT2D eigenvalue weighted by Gasteiger charge is -2.33. The molecule has 0 saturated heterocycles. The Morgan fingerprint density at radius 2 is 2.00 bits per heavy atom. The molecule has 1 aliphatic heterocycles. The number of aryl methyl sites for hydroxylation is 1. The first-order chi connectivity index (χ1) is 14.2. The maximum absolute atomic E-state index is 5.35. The van der Waals surface area contributed by atoms with Gasteiger partial charge in [-0.15, -0.1) is 0 Å². The van der Waals surface area contributed by atoms with E-state index in [4.69, 9.17) is 4.74 Å². The zero-order chi connectivity index (χ0) is 20.1. The molecular weight excluding hydrogens is 362 g/mol. The van der Waals surface area contributed by atoms with Gasteiger partial charge in [0.2, 0.25) is 5.88 Å². The number of aromatic nitrogens is 2. The minimum Gasteiger partial charge on any atom is -0.481 e. The van der Waals surface area contributed by atoms with Crippen LogP contribution in [0, 0.1) is 6.92 Å². The highest BCUT2D eigenvalue weighted by Crippen LogP contribution is 2.28. The summed E-state index contributed by atoms with van der Waals surface area (Å²) in [6.45, 7) is 3.74. The summed E-state index contributed by atoms with van der Waals surface area (Å²) in [5, 5.41) is 10.8. The van der Waals surface area contributed by atoms with Gasteiger partial charge in [-0.25, -0.2) is 9.97 Å². The van der Waals surface area contributed by atoms with Gasteiger partial charge in [-0.1, -0.05) is 35.9 Å². The lowest BCUT2D eigenvalue weighted by atomic mass is 10.0. The Labute approximate surface area is 171 Å². The van der Waals surface area contributed by atoms with Crippen LogP contribution in [0.5, 0.6) is 5.88 Å². The number of methoxy groups -OCH3 is 1. The van der Waals surface area contributed by atoms with Crippen LogP contribution < -0.4 is 20.7 Å². The Kier molecular flexibility index (Phi) is 5.91. The standard InChI is InChI=1S/C23H27N5O/c1-16-8-10-17(11-9-16)12-14-24-22(18-5-3-7-21(27-18)29-2)20-15-26-19-6-4-13-25-23(19)28-20/h3-11,13,20,22,24,26H,12,14-15H2,1-2H3,(H,25,28)/t20-,22-/m1/s1. The van der Waals surface area contributed by atoms with Gasteiger partial charge in [0.1, 0.15) is 5.82 Å². The smallest absolute Gasteiger partial charge is 0.213 e. The van der Waals surface area contributed by atoms with Gasteiger partial charge in [0, 0.05) is 18.8 Å². The van der Waals surface area contributed by atoms with E-state index < -0.39 is 0 Å².